The molecule has 1 N–H and O–H groups in total. The quantitative estimate of drug-likeness (QED) is 0.442. The van der Waals surface area contributed by atoms with Gasteiger partial charge in [0.05, 0.1) is 31.1 Å². The van der Waals surface area contributed by atoms with Crippen LogP contribution in [0, 0.1) is 11.3 Å². The van der Waals surface area contributed by atoms with Gasteiger partial charge in [-0.3, -0.25) is 14.5 Å². The van der Waals surface area contributed by atoms with Gasteiger partial charge in [0.1, 0.15) is 0 Å². The normalized spacial score (nSPS) is 26.9. The summed E-state index contributed by atoms with van der Waals surface area (Å²) < 4.78 is 5.49. The first-order chi connectivity index (χ1) is 17.8. The fourth-order valence-corrected chi connectivity index (χ4v) is 6.41. The first-order valence-electron chi connectivity index (χ1n) is 13.2. The third-order valence-electron chi connectivity index (χ3n) is 8.18. The van der Waals surface area contributed by atoms with E-state index in [-0.39, 0.29) is 24.3 Å². The summed E-state index contributed by atoms with van der Waals surface area (Å²) in [5.74, 6) is -0.608. The number of benzene rings is 2. The summed E-state index contributed by atoms with van der Waals surface area (Å²) in [4.78, 5) is 31.0. The average molecular weight is 546 g/mol. The van der Waals surface area contributed by atoms with Crippen LogP contribution in [0.15, 0.2) is 48.5 Å². The molecule has 0 bridgehead atoms. The van der Waals surface area contributed by atoms with Crippen molar-refractivity contribution in [1.82, 2.24) is 9.80 Å². The topological polar surface area (TPSA) is 70.1 Å². The highest BCUT2D eigenvalue weighted by Crippen LogP contribution is 2.53. The Bertz CT molecular complexity index is 1120. The molecule has 2 saturated heterocycles. The molecule has 2 heterocycles. The Morgan fingerprint density at radius 3 is 2.41 bits per heavy atom. The number of aliphatic carboxylic acids is 1. The largest absolute Gasteiger partial charge is 0.481 e. The van der Waals surface area contributed by atoms with Gasteiger partial charge in [-0.1, -0.05) is 47.5 Å². The van der Waals surface area contributed by atoms with E-state index in [1.807, 2.05) is 47.4 Å². The van der Waals surface area contributed by atoms with Crippen LogP contribution in [-0.4, -0.2) is 66.2 Å². The molecule has 0 spiro atoms. The number of likely N-dealkylation sites (tertiary alicyclic amines) is 1. The number of carbonyl (C=O) groups is 2. The average Bonchev–Trinajstić information content (AvgIpc) is 3.71. The Morgan fingerprint density at radius 1 is 1.03 bits per heavy atom. The summed E-state index contributed by atoms with van der Waals surface area (Å²) in [5, 5.41) is 11.3. The second-order valence-corrected chi connectivity index (χ2v) is 11.7. The number of carbonyl (C=O) groups excluding carboxylic acids is 1. The van der Waals surface area contributed by atoms with E-state index in [4.69, 9.17) is 27.9 Å². The Kier molecular flexibility index (Phi) is 8.10. The number of morpholine rings is 1. The van der Waals surface area contributed by atoms with Crippen LogP contribution in [0.2, 0.25) is 10.0 Å². The van der Waals surface area contributed by atoms with E-state index in [1.165, 1.54) is 0 Å². The lowest BCUT2D eigenvalue weighted by Gasteiger charge is -2.51. The number of rotatable bonds is 9. The summed E-state index contributed by atoms with van der Waals surface area (Å²) in [6.07, 6.45) is 2.97. The van der Waals surface area contributed by atoms with Crippen molar-refractivity contribution in [1.29, 1.82) is 0 Å². The number of amides is 1. The Hall–Kier alpha value is -2.12. The third-order valence-corrected chi connectivity index (χ3v) is 8.67. The maximum atomic E-state index is 14.5. The number of nitrogens with zero attached hydrogens (tertiary/aromatic N) is 2. The maximum Gasteiger partial charge on any atom is 0.304 e. The summed E-state index contributed by atoms with van der Waals surface area (Å²) in [5.41, 5.74) is 1.05. The number of ether oxygens (including phenoxy) is 1. The van der Waals surface area contributed by atoms with E-state index >= 15 is 0 Å². The van der Waals surface area contributed by atoms with Crippen molar-refractivity contribution in [2.45, 2.75) is 44.1 Å². The summed E-state index contributed by atoms with van der Waals surface area (Å²) in [6.45, 7) is 4.24. The van der Waals surface area contributed by atoms with E-state index in [2.05, 4.69) is 11.0 Å². The minimum absolute atomic E-state index is 0.0340. The molecular weight excluding hydrogens is 511 g/mol. The molecule has 1 amide bonds. The van der Waals surface area contributed by atoms with Crippen LogP contribution in [0.1, 0.15) is 55.2 Å². The van der Waals surface area contributed by atoms with Crippen molar-refractivity contribution >= 4 is 35.1 Å². The predicted octanol–water partition coefficient (Wildman–Crippen LogP) is 5.64. The fourth-order valence-electron chi connectivity index (χ4n) is 6.08. The maximum absolute atomic E-state index is 14.5. The van der Waals surface area contributed by atoms with Gasteiger partial charge >= 0.3 is 5.97 Å². The molecule has 1 aliphatic carbocycles. The molecule has 2 aromatic carbocycles. The Morgan fingerprint density at radius 2 is 1.76 bits per heavy atom. The zero-order valence-corrected chi connectivity index (χ0v) is 22.5. The van der Waals surface area contributed by atoms with Crippen LogP contribution in [-0.2, 0) is 14.3 Å². The lowest BCUT2D eigenvalue weighted by atomic mass is 9.65. The van der Waals surface area contributed by atoms with Crippen molar-refractivity contribution in [2.24, 2.45) is 11.3 Å². The Labute approximate surface area is 228 Å². The lowest BCUT2D eigenvalue weighted by molar-refractivity contribution is -0.160. The van der Waals surface area contributed by atoms with E-state index < -0.39 is 11.4 Å². The second-order valence-electron chi connectivity index (χ2n) is 10.8. The van der Waals surface area contributed by atoms with Gasteiger partial charge in [-0.25, -0.2) is 0 Å². The summed E-state index contributed by atoms with van der Waals surface area (Å²) in [7, 11) is 0. The highest BCUT2D eigenvalue weighted by molar-refractivity contribution is 6.30. The lowest BCUT2D eigenvalue weighted by Crippen LogP contribution is -2.55. The van der Waals surface area contributed by atoms with Gasteiger partial charge < -0.3 is 14.7 Å². The van der Waals surface area contributed by atoms with Gasteiger partial charge in [-0.2, -0.15) is 0 Å². The van der Waals surface area contributed by atoms with Crippen molar-refractivity contribution in [3.63, 3.8) is 0 Å². The van der Waals surface area contributed by atoms with Crippen molar-refractivity contribution in [2.75, 3.05) is 39.4 Å². The zero-order valence-electron chi connectivity index (χ0n) is 21.0. The van der Waals surface area contributed by atoms with Crippen LogP contribution in [0.25, 0.3) is 0 Å². The molecular formula is C29H34Cl2N2O4. The minimum atomic E-state index is -0.991. The fraction of sp³-hybridized carbons (Fsp3) is 0.517. The monoisotopic (exact) mass is 544 g/mol. The van der Waals surface area contributed by atoms with Crippen LogP contribution in [0.5, 0.6) is 0 Å². The molecule has 6 nitrogen and oxygen atoms in total. The molecule has 1 saturated carbocycles. The van der Waals surface area contributed by atoms with Gasteiger partial charge in [0.15, 0.2) is 0 Å². The molecule has 0 radical (unpaired) electrons. The van der Waals surface area contributed by atoms with E-state index in [0.29, 0.717) is 55.1 Å². The highest BCUT2D eigenvalue weighted by Gasteiger charge is 2.53. The second kappa shape index (κ2) is 11.3. The summed E-state index contributed by atoms with van der Waals surface area (Å²) in [6, 6.07) is 15.3. The van der Waals surface area contributed by atoms with Crippen molar-refractivity contribution in [3.8, 4) is 0 Å². The van der Waals surface area contributed by atoms with Gasteiger partial charge in [0.2, 0.25) is 5.91 Å². The number of piperidine rings is 1. The highest BCUT2D eigenvalue weighted by atomic mass is 35.5. The van der Waals surface area contributed by atoms with Crippen LogP contribution < -0.4 is 0 Å². The molecule has 3 aliphatic rings. The van der Waals surface area contributed by atoms with Gasteiger partial charge in [-0.05, 0) is 73.5 Å². The third kappa shape index (κ3) is 6.14. The van der Waals surface area contributed by atoms with Gasteiger partial charge in [-0.15, -0.1) is 0 Å². The van der Waals surface area contributed by atoms with Gasteiger partial charge in [0, 0.05) is 35.6 Å². The molecule has 2 aliphatic heterocycles. The van der Waals surface area contributed by atoms with Crippen LogP contribution in [0.3, 0.4) is 0 Å². The standard InChI is InChI=1S/C29H34Cl2N2O4/c30-23-8-6-21(7-9-23)27-25(22-2-1-3-24(31)16-22)17-29(18-26(34)35,10-11-32-12-14-37-15-13-32)28(36)33(27)19-20-4-5-20/h1-3,6-9,16,20,25,27H,4-5,10-15,17-19H2,(H,34,35). The molecule has 3 fully saturated rings. The van der Waals surface area contributed by atoms with Crippen molar-refractivity contribution < 1.29 is 19.4 Å². The molecule has 37 heavy (non-hydrogen) atoms. The SMILES string of the molecule is O=C(O)CC1(CCN2CCOCC2)CC(c2cccc(Cl)c2)C(c2ccc(Cl)cc2)N(CC2CC2)C1=O. The number of hydrogen-bond donors (Lipinski definition) is 1. The van der Waals surface area contributed by atoms with Crippen molar-refractivity contribution in [3.05, 3.63) is 69.7 Å². The molecule has 0 aromatic heterocycles. The van der Waals surface area contributed by atoms with Crippen LogP contribution in [0.4, 0.5) is 0 Å². The molecule has 8 heteroatoms. The number of hydrogen-bond acceptors (Lipinski definition) is 4. The number of carboxylic acid groups (broad SMARTS) is 1. The van der Waals surface area contributed by atoms with Gasteiger partial charge in [0.25, 0.3) is 0 Å². The minimum Gasteiger partial charge on any atom is -0.481 e. The first kappa shape index (κ1) is 26.5. The molecule has 3 atom stereocenters. The van der Waals surface area contributed by atoms with E-state index in [1.54, 1.807) is 0 Å². The summed E-state index contributed by atoms with van der Waals surface area (Å²) >= 11 is 12.7. The molecule has 198 valence electrons. The number of halogens is 2. The zero-order chi connectivity index (χ0) is 26.0. The molecule has 3 unspecified atom stereocenters. The Balaban J connectivity index is 1.58. The predicted molar refractivity (Wildman–Crippen MR) is 144 cm³/mol. The van der Waals surface area contributed by atoms with E-state index in [9.17, 15) is 14.7 Å². The first-order valence-corrected chi connectivity index (χ1v) is 13.9. The smallest absolute Gasteiger partial charge is 0.304 e. The van der Waals surface area contributed by atoms with Crippen LogP contribution >= 0.6 is 23.2 Å². The molecule has 2 aromatic rings. The van der Waals surface area contributed by atoms with E-state index in [0.717, 1.165) is 37.1 Å². The number of carboxylic acids is 1. The molecule has 5 rings (SSSR count).